The van der Waals surface area contributed by atoms with Gasteiger partial charge in [-0.15, -0.1) is 0 Å². The van der Waals surface area contributed by atoms with Gasteiger partial charge in [-0.2, -0.15) is 11.8 Å². The molecule has 1 heterocycles. The van der Waals surface area contributed by atoms with Crippen LogP contribution in [0.2, 0.25) is 0 Å². The van der Waals surface area contributed by atoms with E-state index < -0.39 is 11.6 Å². The molecule has 0 aromatic heterocycles. The minimum absolute atomic E-state index is 0.0209. The average Bonchev–Trinajstić information content (AvgIpc) is 2.27. The largest absolute Gasteiger partial charge is 0.365 e. The first kappa shape index (κ1) is 14.6. The van der Waals surface area contributed by atoms with Crippen LogP contribution in [-0.4, -0.2) is 30.1 Å². The van der Waals surface area contributed by atoms with Gasteiger partial charge < -0.3 is 10.6 Å². The summed E-state index contributed by atoms with van der Waals surface area (Å²) in [5, 5.41) is 0. The molecule has 1 aromatic carbocycles. The molecule has 1 saturated heterocycles. The molecule has 0 unspecified atom stereocenters. The number of benzene rings is 1. The van der Waals surface area contributed by atoms with Gasteiger partial charge in [0.25, 0.3) is 0 Å². The van der Waals surface area contributed by atoms with E-state index in [4.69, 9.17) is 5.73 Å². The highest BCUT2D eigenvalue weighted by atomic mass is 32.2. The van der Waals surface area contributed by atoms with Crippen LogP contribution in [0, 0.1) is 11.6 Å². The van der Waals surface area contributed by atoms with Crippen molar-refractivity contribution in [1.82, 2.24) is 0 Å². The first-order chi connectivity index (χ1) is 8.93. The third-order valence-corrected chi connectivity index (χ3v) is 4.55. The standard InChI is InChI=1S/C14H20F2N2S/c1-14(2)9-18(5-6-19-14)13-11(15)7-10(3-4-17)8-12(13)16/h7-8H,3-6,9,17H2,1-2H3. The number of hydrogen-bond donors (Lipinski definition) is 1. The monoisotopic (exact) mass is 286 g/mol. The number of nitrogens with zero attached hydrogens (tertiary/aromatic N) is 1. The number of anilines is 1. The van der Waals surface area contributed by atoms with Gasteiger partial charge in [0, 0.05) is 23.6 Å². The highest BCUT2D eigenvalue weighted by Crippen LogP contribution is 2.34. The molecule has 1 fully saturated rings. The lowest BCUT2D eigenvalue weighted by Gasteiger charge is -2.39. The van der Waals surface area contributed by atoms with Gasteiger partial charge in [-0.25, -0.2) is 8.78 Å². The molecule has 2 nitrogen and oxygen atoms in total. The summed E-state index contributed by atoms with van der Waals surface area (Å²) in [6, 6.07) is 2.81. The first-order valence-electron chi connectivity index (χ1n) is 6.50. The summed E-state index contributed by atoms with van der Waals surface area (Å²) < 4.78 is 28.3. The zero-order valence-electron chi connectivity index (χ0n) is 11.4. The van der Waals surface area contributed by atoms with E-state index in [1.165, 1.54) is 12.1 Å². The van der Waals surface area contributed by atoms with Crippen LogP contribution in [0.1, 0.15) is 19.4 Å². The fourth-order valence-electron chi connectivity index (χ4n) is 2.44. The van der Waals surface area contributed by atoms with Gasteiger partial charge >= 0.3 is 0 Å². The maximum Gasteiger partial charge on any atom is 0.149 e. The van der Waals surface area contributed by atoms with Gasteiger partial charge in [-0.05, 0) is 44.5 Å². The Bertz CT molecular complexity index is 440. The summed E-state index contributed by atoms with van der Waals surface area (Å²) in [5.74, 6) is -0.0755. The summed E-state index contributed by atoms with van der Waals surface area (Å²) in [7, 11) is 0. The number of hydrogen-bond acceptors (Lipinski definition) is 3. The van der Waals surface area contributed by atoms with Crippen LogP contribution in [0.3, 0.4) is 0 Å². The molecule has 5 heteroatoms. The van der Waals surface area contributed by atoms with E-state index in [1.54, 1.807) is 0 Å². The van der Waals surface area contributed by atoms with Crippen molar-refractivity contribution in [3.05, 3.63) is 29.3 Å². The maximum atomic E-state index is 14.1. The summed E-state index contributed by atoms with van der Waals surface area (Å²) in [5.41, 5.74) is 6.14. The zero-order chi connectivity index (χ0) is 14.0. The lowest BCUT2D eigenvalue weighted by molar-refractivity contribution is 0.554. The number of halogens is 2. The van der Waals surface area contributed by atoms with Crippen LogP contribution < -0.4 is 10.6 Å². The average molecular weight is 286 g/mol. The maximum absolute atomic E-state index is 14.1. The van der Waals surface area contributed by atoms with Crippen LogP contribution in [0.5, 0.6) is 0 Å². The Hall–Kier alpha value is -0.810. The molecule has 0 spiro atoms. The molecule has 2 N–H and O–H groups in total. The number of rotatable bonds is 3. The number of thioether (sulfide) groups is 1. The molecule has 0 atom stereocenters. The predicted molar refractivity (Wildman–Crippen MR) is 77.9 cm³/mol. The SMILES string of the molecule is CC1(C)CN(c2c(F)cc(CCN)cc2F)CCS1. The molecule has 0 saturated carbocycles. The van der Waals surface area contributed by atoms with Gasteiger partial charge in [0.05, 0.1) is 0 Å². The number of nitrogens with two attached hydrogens (primary N) is 1. The van der Waals surface area contributed by atoms with Crippen molar-refractivity contribution in [2.75, 3.05) is 30.3 Å². The molecule has 19 heavy (non-hydrogen) atoms. The van der Waals surface area contributed by atoms with Crippen molar-refractivity contribution in [2.24, 2.45) is 5.73 Å². The molecule has 0 amide bonds. The van der Waals surface area contributed by atoms with Crippen molar-refractivity contribution in [1.29, 1.82) is 0 Å². The molecule has 0 bridgehead atoms. The first-order valence-corrected chi connectivity index (χ1v) is 7.48. The molecule has 2 rings (SSSR count). The Morgan fingerprint density at radius 3 is 2.47 bits per heavy atom. The van der Waals surface area contributed by atoms with Crippen molar-refractivity contribution < 1.29 is 8.78 Å². The Morgan fingerprint density at radius 1 is 1.32 bits per heavy atom. The quantitative estimate of drug-likeness (QED) is 0.926. The van der Waals surface area contributed by atoms with E-state index in [2.05, 4.69) is 13.8 Å². The second-order valence-electron chi connectivity index (χ2n) is 5.48. The smallest absolute Gasteiger partial charge is 0.149 e. The highest BCUT2D eigenvalue weighted by molar-refractivity contribution is 8.00. The van der Waals surface area contributed by atoms with Gasteiger partial charge in [-0.1, -0.05) is 0 Å². The van der Waals surface area contributed by atoms with Gasteiger partial charge in [0.1, 0.15) is 17.3 Å². The molecule has 0 aliphatic carbocycles. The summed E-state index contributed by atoms with van der Waals surface area (Å²) in [6.45, 7) is 5.93. The predicted octanol–water partition coefficient (Wildman–Crippen LogP) is 2.80. The van der Waals surface area contributed by atoms with Crippen LogP contribution >= 0.6 is 11.8 Å². The molecular weight excluding hydrogens is 266 g/mol. The molecule has 0 radical (unpaired) electrons. The van der Waals surface area contributed by atoms with Crippen LogP contribution in [0.4, 0.5) is 14.5 Å². The summed E-state index contributed by atoms with van der Waals surface area (Å²) in [4.78, 5) is 1.81. The fraction of sp³-hybridized carbons (Fsp3) is 0.571. The molecular formula is C14H20F2N2S. The van der Waals surface area contributed by atoms with Crippen molar-refractivity contribution in [3.63, 3.8) is 0 Å². The van der Waals surface area contributed by atoms with E-state index in [9.17, 15) is 8.78 Å². The fourth-order valence-corrected chi connectivity index (χ4v) is 3.55. The van der Waals surface area contributed by atoms with Crippen LogP contribution in [0.25, 0.3) is 0 Å². The second kappa shape index (κ2) is 5.67. The second-order valence-corrected chi connectivity index (χ2v) is 7.28. The molecule has 1 aliphatic rings. The van der Waals surface area contributed by atoms with Gasteiger partial charge in [-0.3, -0.25) is 0 Å². The third kappa shape index (κ3) is 3.39. The van der Waals surface area contributed by atoms with E-state index >= 15 is 0 Å². The summed E-state index contributed by atoms with van der Waals surface area (Å²) in [6.07, 6.45) is 0.496. The van der Waals surface area contributed by atoms with Crippen LogP contribution in [0.15, 0.2) is 12.1 Å². The Balaban J connectivity index is 2.29. The Kier molecular flexibility index (Phi) is 4.36. The van der Waals surface area contributed by atoms with Crippen LogP contribution in [-0.2, 0) is 6.42 Å². The molecule has 1 aromatic rings. The van der Waals surface area contributed by atoms with E-state index in [0.29, 0.717) is 31.6 Å². The molecule has 106 valence electrons. The normalized spacial score (nSPS) is 18.7. The molecule has 1 aliphatic heterocycles. The third-order valence-electron chi connectivity index (χ3n) is 3.25. The van der Waals surface area contributed by atoms with Crippen molar-refractivity contribution in [3.8, 4) is 0 Å². The van der Waals surface area contributed by atoms with Crippen molar-refractivity contribution >= 4 is 17.4 Å². The van der Waals surface area contributed by atoms with Crippen molar-refractivity contribution in [2.45, 2.75) is 25.0 Å². The van der Waals surface area contributed by atoms with E-state index in [1.807, 2.05) is 16.7 Å². The van der Waals surface area contributed by atoms with Gasteiger partial charge in [0.2, 0.25) is 0 Å². The Morgan fingerprint density at radius 2 is 1.95 bits per heavy atom. The highest BCUT2D eigenvalue weighted by Gasteiger charge is 2.30. The summed E-state index contributed by atoms with van der Waals surface area (Å²) >= 11 is 1.84. The minimum atomic E-state index is -0.480. The topological polar surface area (TPSA) is 29.3 Å². The minimum Gasteiger partial charge on any atom is -0.365 e. The Labute approximate surface area is 117 Å². The lowest BCUT2D eigenvalue weighted by Crippen LogP contribution is -2.44. The zero-order valence-corrected chi connectivity index (χ0v) is 12.2. The lowest BCUT2D eigenvalue weighted by atomic mass is 10.1. The van der Waals surface area contributed by atoms with E-state index in [-0.39, 0.29) is 10.4 Å². The van der Waals surface area contributed by atoms with Gasteiger partial charge in [0.15, 0.2) is 0 Å². The van der Waals surface area contributed by atoms with E-state index in [0.717, 1.165) is 5.75 Å².